The lowest BCUT2D eigenvalue weighted by Gasteiger charge is -2.00. The molecule has 0 N–H and O–H groups in total. The summed E-state index contributed by atoms with van der Waals surface area (Å²) in [6.07, 6.45) is 0. The van der Waals surface area contributed by atoms with Crippen LogP contribution in [0.1, 0.15) is 6.92 Å². The minimum atomic E-state index is 0.390. The van der Waals surface area contributed by atoms with Crippen LogP contribution in [0.3, 0.4) is 0 Å². The van der Waals surface area contributed by atoms with Gasteiger partial charge in [0.1, 0.15) is 7.05 Å². The molecule has 0 fully saturated rings. The van der Waals surface area contributed by atoms with Gasteiger partial charge in [-0.1, -0.05) is 0 Å². The number of hydrogen-bond donors (Lipinski definition) is 0. The molecule has 10 nitrogen and oxygen atoms in total. The first-order chi connectivity index (χ1) is 11.5. The van der Waals surface area contributed by atoms with Crippen molar-refractivity contribution in [1.29, 1.82) is 0 Å². The van der Waals surface area contributed by atoms with Crippen molar-refractivity contribution in [2.45, 2.75) is 6.92 Å². The second kappa shape index (κ2) is 7.90. The molecule has 0 spiro atoms. The molecule has 10 heteroatoms. The van der Waals surface area contributed by atoms with Gasteiger partial charge in [-0.3, -0.25) is 0 Å². The monoisotopic (exact) mass is 331 g/mol. The van der Waals surface area contributed by atoms with Crippen molar-refractivity contribution in [3.05, 3.63) is 29.8 Å². The number of methoxy groups -OCH3 is 2. The highest BCUT2D eigenvalue weighted by Crippen LogP contribution is 2.08. The fourth-order valence-corrected chi connectivity index (χ4v) is 1.65. The van der Waals surface area contributed by atoms with Gasteiger partial charge in [-0.25, -0.2) is 4.68 Å². The van der Waals surface area contributed by atoms with Crippen LogP contribution in [-0.4, -0.2) is 34.9 Å². The molecule has 0 aliphatic heterocycles. The third-order valence-electron chi connectivity index (χ3n) is 2.92. The Bertz CT molecular complexity index is 841. The van der Waals surface area contributed by atoms with Gasteiger partial charge in [-0.05, 0) is 16.3 Å². The minimum absolute atomic E-state index is 0.390. The first kappa shape index (κ1) is 17.2. The molecule has 0 bridgehead atoms. The Labute approximate surface area is 138 Å². The van der Waals surface area contributed by atoms with Crippen molar-refractivity contribution < 1.29 is 14.2 Å². The summed E-state index contributed by atoms with van der Waals surface area (Å²) in [5.74, 6) is 1.94. The van der Waals surface area contributed by atoms with Crippen molar-refractivity contribution in [3.63, 3.8) is 0 Å². The van der Waals surface area contributed by atoms with Crippen molar-refractivity contribution in [2.24, 2.45) is 34.5 Å². The maximum absolute atomic E-state index is 5.03. The molecule has 0 amide bonds. The SMILES string of the molecule is COc1ccc(=NN=C(C)N=Nc2ccc(OC)n[n+]2C)n(C)n1. The van der Waals surface area contributed by atoms with Crippen LogP contribution in [0.15, 0.2) is 44.7 Å². The van der Waals surface area contributed by atoms with Gasteiger partial charge in [0.15, 0.2) is 11.3 Å². The summed E-state index contributed by atoms with van der Waals surface area (Å²) in [5.41, 5.74) is 0.557. The molecule has 0 aromatic carbocycles. The number of aryl methyl sites for hydroxylation is 2. The average Bonchev–Trinajstić information content (AvgIpc) is 2.59. The van der Waals surface area contributed by atoms with E-state index in [1.165, 1.54) is 0 Å². The highest BCUT2D eigenvalue weighted by atomic mass is 16.5. The fraction of sp³-hybridized carbons (Fsp3) is 0.357. The molecule has 2 aromatic heterocycles. The van der Waals surface area contributed by atoms with Crippen LogP contribution in [0, 0.1) is 0 Å². The van der Waals surface area contributed by atoms with E-state index >= 15 is 0 Å². The molecule has 0 saturated heterocycles. The molecule has 0 aliphatic rings. The summed E-state index contributed by atoms with van der Waals surface area (Å²) in [4.78, 5) is 0. The molecule has 2 heterocycles. The van der Waals surface area contributed by atoms with Crippen LogP contribution < -0.4 is 19.6 Å². The van der Waals surface area contributed by atoms with Gasteiger partial charge in [0.2, 0.25) is 5.88 Å². The molecule has 0 unspecified atom stereocenters. The minimum Gasteiger partial charge on any atom is -0.480 e. The zero-order valence-corrected chi connectivity index (χ0v) is 14.2. The second-order valence-corrected chi connectivity index (χ2v) is 4.66. The van der Waals surface area contributed by atoms with Crippen LogP contribution in [0.5, 0.6) is 11.8 Å². The molecule has 0 saturated carbocycles. The third-order valence-corrected chi connectivity index (χ3v) is 2.92. The number of rotatable bonds is 4. The van der Waals surface area contributed by atoms with E-state index in [0.717, 1.165) is 0 Å². The lowest BCUT2D eigenvalue weighted by Crippen LogP contribution is -2.33. The van der Waals surface area contributed by atoms with Crippen LogP contribution in [0.4, 0.5) is 5.82 Å². The predicted molar refractivity (Wildman–Crippen MR) is 84.9 cm³/mol. The van der Waals surface area contributed by atoms with Crippen molar-refractivity contribution in [1.82, 2.24) is 14.9 Å². The fourth-order valence-electron chi connectivity index (χ4n) is 1.65. The van der Waals surface area contributed by atoms with Gasteiger partial charge in [0.05, 0.1) is 19.3 Å². The van der Waals surface area contributed by atoms with E-state index in [1.54, 1.807) is 68.9 Å². The van der Waals surface area contributed by atoms with E-state index in [9.17, 15) is 0 Å². The maximum Gasteiger partial charge on any atom is 0.370 e. The summed E-state index contributed by atoms with van der Waals surface area (Å²) in [6.45, 7) is 1.70. The van der Waals surface area contributed by atoms with Crippen LogP contribution >= 0.6 is 0 Å². The molecule has 24 heavy (non-hydrogen) atoms. The standard InChI is InChI=1S/C14H19N8O2/c1-10(15-17-11-6-8-13(23-4)19-21(11)2)16-18-12-7-9-14(24-5)20-22(12)3/h6-9H,1-5H3/q+1. The third kappa shape index (κ3) is 4.41. The zero-order valence-electron chi connectivity index (χ0n) is 14.2. The summed E-state index contributed by atoms with van der Waals surface area (Å²) in [7, 11) is 6.60. The number of hydrogen-bond acceptors (Lipinski definition) is 7. The van der Waals surface area contributed by atoms with Crippen LogP contribution in [0.25, 0.3) is 0 Å². The number of nitrogens with zero attached hydrogens (tertiary/aromatic N) is 8. The largest absolute Gasteiger partial charge is 0.480 e. The number of amidine groups is 1. The quantitative estimate of drug-likeness (QED) is 0.270. The smallest absolute Gasteiger partial charge is 0.370 e. The Morgan fingerprint density at radius 1 is 1.12 bits per heavy atom. The van der Waals surface area contributed by atoms with Crippen LogP contribution in [-0.2, 0) is 14.1 Å². The highest BCUT2D eigenvalue weighted by molar-refractivity contribution is 5.79. The van der Waals surface area contributed by atoms with Gasteiger partial charge in [0.25, 0.3) is 5.88 Å². The zero-order chi connectivity index (χ0) is 17.5. The Balaban J connectivity index is 2.18. The topological polar surface area (TPSA) is 102 Å². The van der Waals surface area contributed by atoms with E-state index in [1.807, 2.05) is 0 Å². The molecule has 2 aromatic rings. The highest BCUT2D eigenvalue weighted by Gasteiger charge is 2.09. The normalized spacial score (nSPS) is 12.7. The lowest BCUT2D eigenvalue weighted by atomic mass is 10.5. The summed E-state index contributed by atoms with van der Waals surface area (Å²) in [5, 5.41) is 24.5. The Kier molecular flexibility index (Phi) is 5.66. The van der Waals surface area contributed by atoms with Crippen molar-refractivity contribution in [2.75, 3.05) is 14.2 Å². The summed E-state index contributed by atoms with van der Waals surface area (Å²) < 4.78 is 13.2. The van der Waals surface area contributed by atoms with E-state index in [-0.39, 0.29) is 0 Å². The van der Waals surface area contributed by atoms with Crippen molar-refractivity contribution >= 4 is 11.7 Å². The van der Waals surface area contributed by atoms with Crippen LogP contribution in [0.2, 0.25) is 0 Å². The number of ether oxygens (including phenoxy) is 2. The maximum atomic E-state index is 5.03. The molecule has 0 atom stereocenters. The first-order valence-corrected chi connectivity index (χ1v) is 7.03. The molecule has 0 radical (unpaired) electrons. The summed E-state index contributed by atoms with van der Waals surface area (Å²) >= 11 is 0. The second-order valence-electron chi connectivity index (χ2n) is 4.66. The Hall–Kier alpha value is -3.17. The van der Waals surface area contributed by atoms with Gasteiger partial charge >= 0.3 is 5.82 Å². The lowest BCUT2D eigenvalue weighted by molar-refractivity contribution is -0.718. The van der Waals surface area contributed by atoms with Gasteiger partial charge in [0, 0.05) is 32.2 Å². The van der Waals surface area contributed by atoms with Gasteiger partial charge in [-0.2, -0.15) is 0 Å². The molecular formula is C14H19N8O2+. The average molecular weight is 331 g/mol. The van der Waals surface area contributed by atoms with E-state index in [2.05, 4.69) is 30.6 Å². The van der Waals surface area contributed by atoms with E-state index in [0.29, 0.717) is 28.9 Å². The first-order valence-electron chi connectivity index (χ1n) is 7.03. The van der Waals surface area contributed by atoms with Crippen molar-refractivity contribution in [3.8, 4) is 11.8 Å². The van der Waals surface area contributed by atoms with E-state index in [4.69, 9.17) is 9.47 Å². The Morgan fingerprint density at radius 2 is 1.83 bits per heavy atom. The number of azo groups is 1. The van der Waals surface area contributed by atoms with Gasteiger partial charge < -0.3 is 9.47 Å². The number of aromatic nitrogens is 4. The van der Waals surface area contributed by atoms with Gasteiger partial charge in [-0.15, -0.1) is 20.0 Å². The predicted octanol–water partition coefficient (Wildman–Crippen LogP) is 0.675. The molecule has 126 valence electrons. The Morgan fingerprint density at radius 3 is 2.46 bits per heavy atom. The van der Waals surface area contributed by atoms with E-state index < -0.39 is 0 Å². The summed E-state index contributed by atoms with van der Waals surface area (Å²) in [6, 6.07) is 6.89. The molecule has 2 rings (SSSR count). The molecule has 0 aliphatic carbocycles. The molecular weight excluding hydrogens is 312 g/mol.